The van der Waals surface area contributed by atoms with E-state index in [0.717, 1.165) is 19.6 Å². The van der Waals surface area contributed by atoms with Crippen LogP contribution in [0.3, 0.4) is 0 Å². The van der Waals surface area contributed by atoms with Crippen LogP contribution in [0.25, 0.3) is 0 Å². The van der Waals surface area contributed by atoms with E-state index in [0.29, 0.717) is 11.1 Å². The van der Waals surface area contributed by atoms with Crippen molar-refractivity contribution in [3.8, 4) is 0 Å². The minimum atomic E-state index is -2.24. The second kappa shape index (κ2) is 7.28. The van der Waals surface area contributed by atoms with E-state index in [4.69, 9.17) is 14.2 Å². The van der Waals surface area contributed by atoms with Crippen LogP contribution in [-0.2, 0) is 36.9 Å². The summed E-state index contributed by atoms with van der Waals surface area (Å²) in [5.74, 6) is -1.96. The Labute approximate surface area is 192 Å². The highest BCUT2D eigenvalue weighted by atomic mass is 16.6. The van der Waals surface area contributed by atoms with Crippen molar-refractivity contribution in [1.29, 1.82) is 0 Å². The number of fused-ring (bicyclic) bond motifs is 1. The molecule has 3 fully saturated rings. The molecule has 2 atom stereocenters. The van der Waals surface area contributed by atoms with Gasteiger partial charge in [-0.1, -0.05) is 6.07 Å². The summed E-state index contributed by atoms with van der Waals surface area (Å²) in [6, 6.07) is 2.52. The first kappa shape index (κ1) is 21.9. The van der Waals surface area contributed by atoms with Crippen molar-refractivity contribution in [2.24, 2.45) is 0 Å². The molecule has 14 nitrogen and oxygen atoms in total. The second-order valence-corrected chi connectivity index (χ2v) is 8.05. The van der Waals surface area contributed by atoms with Gasteiger partial charge in [0.25, 0.3) is 17.0 Å². The number of esters is 2. The van der Waals surface area contributed by atoms with Gasteiger partial charge in [-0.25, -0.2) is 19.2 Å². The highest BCUT2D eigenvalue weighted by Gasteiger charge is 2.88. The molecule has 180 valence electrons. The first-order valence-electron chi connectivity index (χ1n) is 10.6. The highest BCUT2D eigenvalue weighted by molar-refractivity contribution is 6.09. The molecule has 4 amide bonds. The molecule has 0 aromatic heterocycles. The molecular formula is C20H21N5O9. The maximum absolute atomic E-state index is 13.8. The van der Waals surface area contributed by atoms with Gasteiger partial charge < -0.3 is 14.2 Å². The molecule has 14 heteroatoms. The van der Waals surface area contributed by atoms with E-state index in [-0.39, 0.29) is 45.5 Å². The highest BCUT2D eigenvalue weighted by Crippen LogP contribution is 2.56. The standard InChI is InChI=1S/C20H21N5O9/c1-3-33-15(26)19-20(16(27)34-4-2)23-10-32-11-24(20)18(29)22(19)9-13-7-14(25(30)31)6-5-12(13)8-21(19)17(23)28/h5-7H,3-4,8-11H2,1-2H3/t19-,20+/m0/s1. The van der Waals surface area contributed by atoms with Crippen LogP contribution in [0, 0.1) is 10.1 Å². The minimum absolute atomic E-state index is 0.0726. The molecule has 5 rings (SSSR count). The Morgan fingerprint density at radius 2 is 1.44 bits per heavy atom. The van der Waals surface area contributed by atoms with Crippen molar-refractivity contribution in [2.45, 2.75) is 38.3 Å². The van der Waals surface area contributed by atoms with Gasteiger partial charge in [0.15, 0.2) is 0 Å². The predicted molar refractivity (Wildman–Crippen MR) is 108 cm³/mol. The summed E-state index contributed by atoms with van der Waals surface area (Å²) in [4.78, 5) is 69.7. The van der Waals surface area contributed by atoms with E-state index in [2.05, 4.69) is 0 Å². The van der Waals surface area contributed by atoms with Crippen molar-refractivity contribution < 1.29 is 38.3 Å². The van der Waals surface area contributed by atoms with Gasteiger partial charge in [-0.15, -0.1) is 0 Å². The SMILES string of the molecule is CCOC(=O)[C@@]12N3COCN1C(=O)N1Cc4cc([N+](=O)[O-])ccc4CN(C3=O)[C@@]12C(=O)OCC. The molecule has 4 heterocycles. The third kappa shape index (κ3) is 2.32. The minimum Gasteiger partial charge on any atom is -0.463 e. The van der Waals surface area contributed by atoms with Crippen molar-refractivity contribution in [3.05, 3.63) is 39.4 Å². The van der Waals surface area contributed by atoms with E-state index in [1.807, 2.05) is 0 Å². The first-order chi connectivity index (χ1) is 16.3. The zero-order valence-corrected chi connectivity index (χ0v) is 18.4. The number of nitro benzene ring substituents is 1. The Hall–Kier alpha value is -3.94. The van der Waals surface area contributed by atoms with Gasteiger partial charge in [0.2, 0.25) is 0 Å². The number of carbonyl (C=O) groups is 4. The Morgan fingerprint density at radius 1 is 0.941 bits per heavy atom. The number of nitrogens with zero attached hydrogens (tertiary/aromatic N) is 5. The Morgan fingerprint density at radius 3 is 1.94 bits per heavy atom. The molecule has 34 heavy (non-hydrogen) atoms. The van der Waals surface area contributed by atoms with Crippen molar-refractivity contribution >= 4 is 29.7 Å². The monoisotopic (exact) mass is 475 g/mol. The lowest BCUT2D eigenvalue weighted by Gasteiger charge is -2.46. The molecule has 4 aliphatic rings. The number of benzene rings is 1. The van der Waals surface area contributed by atoms with Crippen LogP contribution in [0.1, 0.15) is 25.0 Å². The van der Waals surface area contributed by atoms with Gasteiger partial charge in [0, 0.05) is 12.1 Å². The van der Waals surface area contributed by atoms with Crippen LogP contribution >= 0.6 is 0 Å². The molecule has 4 aliphatic heterocycles. The summed E-state index contributed by atoms with van der Waals surface area (Å²) in [6.45, 7) is 1.73. The van der Waals surface area contributed by atoms with Crippen LogP contribution in [0.5, 0.6) is 0 Å². The molecule has 0 spiro atoms. The molecule has 3 saturated heterocycles. The van der Waals surface area contributed by atoms with Crippen molar-refractivity contribution in [3.63, 3.8) is 0 Å². The molecule has 0 N–H and O–H groups in total. The predicted octanol–water partition coefficient (Wildman–Crippen LogP) is 0.548. The maximum atomic E-state index is 13.8. The number of amides is 4. The van der Waals surface area contributed by atoms with Gasteiger partial charge in [-0.05, 0) is 25.0 Å². The van der Waals surface area contributed by atoms with E-state index in [1.165, 1.54) is 18.2 Å². The van der Waals surface area contributed by atoms with Gasteiger partial charge in [0.05, 0.1) is 31.2 Å². The average Bonchev–Trinajstić information content (AvgIpc) is 3.09. The van der Waals surface area contributed by atoms with Crippen molar-refractivity contribution in [2.75, 3.05) is 26.7 Å². The maximum Gasteiger partial charge on any atom is 0.359 e. The number of carbonyl (C=O) groups excluding carboxylic acids is 4. The summed E-state index contributed by atoms with van der Waals surface area (Å²) >= 11 is 0. The lowest BCUT2D eigenvalue weighted by molar-refractivity contribution is -0.384. The van der Waals surface area contributed by atoms with Gasteiger partial charge in [-0.3, -0.25) is 29.7 Å². The number of rotatable bonds is 5. The zero-order valence-electron chi connectivity index (χ0n) is 18.4. The molecule has 1 aromatic carbocycles. The summed E-state index contributed by atoms with van der Waals surface area (Å²) < 4.78 is 16.1. The number of nitro groups is 1. The fourth-order valence-corrected chi connectivity index (χ4v) is 5.33. The number of ether oxygens (including phenoxy) is 3. The third-order valence-corrected chi connectivity index (χ3v) is 6.59. The van der Waals surface area contributed by atoms with E-state index in [1.54, 1.807) is 13.8 Å². The average molecular weight is 475 g/mol. The Balaban J connectivity index is 1.81. The Kier molecular flexibility index (Phi) is 4.69. The molecule has 1 aromatic rings. The number of urea groups is 2. The largest absolute Gasteiger partial charge is 0.463 e. The van der Waals surface area contributed by atoms with Crippen LogP contribution in [0.4, 0.5) is 15.3 Å². The normalized spacial score (nSPS) is 26.8. The molecule has 0 aliphatic carbocycles. The second-order valence-electron chi connectivity index (χ2n) is 8.05. The molecule has 0 radical (unpaired) electrons. The molecule has 0 bridgehead atoms. The summed E-state index contributed by atoms with van der Waals surface area (Å²) in [5, 5.41) is 11.4. The van der Waals surface area contributed by atoms with Gasteiger partial charge in [0.1, 0.15) is 13.5 Å². The van der Waals surface area contributed by atoms with E-state index >= 15 is 0 Å². The van der Waals surface area contributed by atoms with Gasteiger partial charge in [-0.2, -0.15) is 0 Å². The number of hydrogen-bond donors (Lipinski definition) is 0. The van der Waals surface area contributed by atoms with E-state index in [9.17, 15) is 29.3 Å². The topological polar surface area (TPSA) is 152 Å². The summed E-state index contributed by atoms with van der Waals surface area (Å²) in [7, 11) is 0. The van der Waals surface area contributed by atoms with Crippen LogP contribution in [0.2, 0.25) is 0 Å². The molecule has 0 saturated carbocycles. The third-order valence-electron chi connectivity index (χ3n) is 6.59. The Bertz CT molecular complexity index is 1140. The fourth-order valence-electron chi connectivity index (χ4n) is 5.33. The fraction of sp³-hybridized carbons (Fsp3) is 0.500. The van der Waals surface area contributed by atoms with Crippen LogP contribution in [0.15, 0.2) is 18.2 Å². The summed E-state index contributed by atoms with van der Waals surface area (Å²) in [5.41, 5.74) is -3.81. The lowest BCUT2D eigenvalue weighted by Crippen LogP contribution is -2.77. The quantitative estimate of drug-likeness (QED) is 0.337. The van der Waals surface area contributed by atoms with Gasteiger partial charge >= 0.3 is 24.0 Å². The first-order valence-corrected chi connectivity index (χ1v) is 10.6. The lowest BCUT2D eigenvalue weighted by atomic mass is 9.90. The molecular weight excluding hydrogens is 454 g/mol. The number of non-ortho nitro benzene ring substituents is 1. The van der Waals surface area contributed by atoms with Crippen molar-refractivity contribution in [1.82, 2.24) is 19.6 Å². The van der Waals surface area contributed by atoms with Crippen LogP contribution in [-0.4, -0.2) is 86.5 Å². The zero-order chi connectivity index (χ0) is 24.4. The van der Waals surface area contributed by atoms with Crippen LogP contribution < -0.4 is 0 Å². The number of hydrogen-bond acceptors (Lipinski definition) is 9. The molecule has 0 unspecified atom stereocenters. The van der Waals surface area contributed by atoms with E-state index < -0.39 is 40.2 Å². The smallest absolute Gasteiger partial charge is 0.359 e. The summed E-state index contributed by atoms with van der Waals surface area (Å²) in [6.07, 6.45) is 0.